The molecule has 1 rings (SSSR count). The molecular formula is C14H17NO5. The van der Waals surface area contributed by atoms with Crippen molar-refractivity contribution < 1.29 is 19.2 Å². The molecule has 0 unspecified atom stereocenters. The van der Waals surface area contributed by atoms with Gasteiger partial charge in [0.1, 0.15) is 17.8 Å². The fourth-order valence-electron chi connectivity index (χ4n) is 1.47. The Morgan fingerprint density at radius 1 is 1.35 bits per heavy atom. The highest BCUT2D eigenvalue weighted by Crippen LogP contribution is 2.19. The van der Waals surface area contributed by atoms with Crippen LogP contribution < -0.4 is 4.74 Å². The first kappa shape index (κ1) is 15.8. The Kier molecular flexibility index (Phi) is 5.37. The number of hydrogen-bond acceptors (Lipinski definition) is 5. The second kappa shape index (κ2) is 6.79. The molecule has 20 heavy (non-hydrogen) atoms. The highest BCUT2D eigenvalue weighted by atomic mass is 16.6. The molecule has 0 aliphatic rings. The minimum absolute atomic E-state index is 0.000241. The van der Waals surface area contributed by atoms with Gasteiger partial charge >= 0.3 is 0 Å². The smallest absolute Gasteiger partial charge is 0.269 e. The van der Waals surface area contributed by atoms with Gasteiger partial charge in [0.05, 0.1) is 16.9 Å². The van der Waals surface area contributed by atoms with Gasteiger partial charge in [-0.05, 0) is 32.4 Å². The topological polar surface area (TPSA) is 86.5 Å². The molecule has 6 heteroatoms. The molecule has 0 aliphatic carbocycles. The van der Waals surface area contributed by atoms with Crippen LogP contribution in [-0.4, -0.2) is 23.6 Å². The van der Waals surface area contributed by atoms with Crippen LogP contribution in [0.2, 0.25) is 0 Å². The van der Waals surface area contributed by atoms with Crippen molar-refractivity contribution in [3.8, 4) is 5.75 Å². The second-order valence-electron chi connectivity index (χ2n) is 4.97. The molecule has 0 N–H and O–H groups in total. The summed E-state index contributed by atoms with van der Waals surface area (Å²) in [6.45, 7) is 3.48. The third-order valence-corrected chi connectivity index (χ3v) is 2.88. The molecule has 0 amide bonds. The van der Waals surface area contributed by atoms with E-state index in [-0.39, 0.29) is 17.9 Å². The molecule has 6 nitrogen and oxygen atoms in total. The maximum absolute atomic E-state index is 11.7. The van der Waals surface area contributed by atoms with Crippen molar-refractivity contribution in [2.45, 2.75) is 26.7 Å². The normalized spacial score (nSPS) is 10.9. The van der Waals surface area contributed by atoms with E-state index in [9.17, 15) is 19.7 Å². The molecule has 0 aliphatic heterocycles. The zero-order chi connectivity index (χ0) is 15.2. The highest BCUT2D eigenvalue weighted by Gasteiger charge is 2.25. The summed E-state index contributed by atoms with van der Waals surface area (Å²) in [5.74, 6) is 0.387. The Morgan fingerprint density at radius 2 is 1.95 bits per heavy atom. The van der Waals surface area contributed by atoms with Crippen LogP contribution >= 0.6 is 0 Å². The fraction of sp³-hybridized carbons (Fsp3) is 0.429. The maximum atomic E-state index is 11.7. The first-order valence-electron chi connectivity index (χ1n) is 6.23. The zero-order valence-corrected chi connectivity index (χ0v) is 11.5. The number of nitro groups is 1. The van der Waals surface area contributed by atoms with Crippen molar-refractivity contribution in [3.05, 3.63) is 34.4 Å². The lowest BCUT2D eigenvalue weighted by Crippen LogP contribution is -2.25. The lowest BCUT2D eigenvalue weighted by Gasteiger charge is -2.14. The van der Waals surface area contributed by atoms with Gasteiger partial charge in [-0.3, -0.25) is 14.9 Å². The number of benzene rings is 1. The van der Waals surface area contributed by atoms with Gasteiger partial charge in [-0.15, -0.1) is 0 Å². The largest absolute Gasteiger partial charge is 0.494 e. The average Bonchev–Trinajstić information content (AvgIpc) is 2.43. The van der Waals surface area contributed by atoms with E-state index < -0.39 is 10.3 Å². The molecule has 0 bridgehead atoms. The molecular weight excluding hydrogens is 262 g/mol. The number of aldehydes is 1. The van der Waals surface area contributed by atoms with E-state index >= 15 is 0 Å². The Labute approximate surface area is 116 Å². The second-order valence-corrected chi connectivity index (χ2v) is 4.97. The number of carbonyl (C=O) groups is 2. The molecule has 1 aromatic rings. The highest BCUT2D eigenvalue weighted by molar-refractivity contribution is 5.97. The lowest BCUT2D eigenvalue weighted by molar-refractivity contribution is -0.384. The Hall–Kier alpha value is -2.24. The summed E-state index contributed by atoms with van der Waals surface area (Å²) >= 11 is 0. The van der Waals surface area contributed by atoms with E-state index in [2.05, 4.69) is 0 Å². The monoisotopic (exact) mass is 279 g/mol. The van der Waals surface area contributed by atoms with Gasteiger partial charge in [-0.25, -0.2) is 0 Å². The molecule has 0 spiro atoms. The fourth-order valence-corrected chi connectivity index (χ4v) is 1.47. The summed E-state index contributed by atoms with van der Waals surface area (Å²) in [6, 6.07) is 5.73. The first-order chi connectivity index (χ1) is 9.36. The summed E-state index contributed by atoms with van der Waals surface area (Å²) in [5, 5.41) is 10.5. The van der Waals surface area contributed by atoms with Crippen molar-refractivity contribution in [1.82, 2.24) is 0 Å². The number of Topliss-reactive ketones (excluding diaryl/α,β-unsaturated/α-hetero) is 1. The molecule has 1 aromatic carbocycles. The molecule has 0 aromatic heterocycles. The van der Waals surface area contributed by atoms with Crippen LogP contribution in [0.3, 0.4) is 0 Å². The summed E-state index contributed by atoms with van der Waals surface area (Å²) in [6.07, 6.45) is 1.40. The molecule has 0 saturated carbocycles. The van der Waals surface area contributed by atoms with Crippen LogP contribution in [0.1, 0.15) is 26.7 Å². The van der Waals surface area contributed by atoms with E-state index in [1.54, 1.807) is 13.8 Å². The van der Waals surface area contributed by atoms with Gasteiger partial charge < -0.3 is 9.53 Å². The van der Waals surface area contributed by atoms with Crippen molar-refractivity contribution in [2.24, 2.45) is 5.41 Å². The SMILES string of the molecule is CC(C)(C=O)C(=O)CCCOc1ccc([N+](=O)[O-])cc1. The third-order valence-electron chi connectivity index (χ3n) is 2.88. The maximum Gasteiger partial charge on any atom is 0.269 e. The van der Waals surface area contributed by atoms with Crippen molar-refractivity contribution in [3.63, 3.8) is 0 Å². The summed E-state index contributed by atoms with van der Waals surface area (Å²) in [5.41, 5.74) is -0.951. The van der Waals surface area contributed by atoms with Gasteiger partial charge in [-0.1, -0.05) is 0 Å². The van der Waals surface area contributed by atoms with E-state index in [0.717, 1.165) is 0 Å². The molecule has 0 radical (unpaired) electrons. The number of rotatable bonds is 8. The van der Waals surface area contributed by atoms with Crippen molar-refractivity contribution in [1.29, 1.82) is 0 Å². The van der Waals surface area contributed by atoms with E-state index in [1.807, 2.05) is 0 Å². The molecule has 0 fully saturated rings. The number of nitrogens with zero attached hydrogens (tertiary/aromatic N) is 1. The molecule has 108 valence electrons. The number of ether oxygens (including phenoxy) is 1. The standard InChI is InChI=1S/C14H17NO5/c1-14(2,10-16)13(17)4-3-9-20-12-7-5-11(6-8-12)15(18)19/h5-8,10H,3-4,9H2,1-2H3. The molecule has 0 atom stereocenters. The quantitative estimate of drug-likeness (QED) is 0.240. The van der Waals surface area contributed by atoms with Crippen LogP contribution in [-0.2, 0) is 9.59 Å². The first-order valence-corrected chi connectivity index (χ1v) is 6.23. The van der Waals surface area contributed by atoms with Crippen LogP contribution in [0.15, 0.2) is 24.3 Å². The Balaban J connectivity index is 2.36. The summed E-state index contributed by atoms with van der Waals surface area (Å²) in [4.78, 5) is 32.4. The average molecular weight is 279 g/mol. The van der Waals surface area contributed by atoms with Gasteiger partial charge in [0.15, 0.2) is 0 Å². The number of hydrogen-bond donors (Lipinski definition) is 0. The number of nitro benzene ring substituents is 1. The molecule has 0 heterocycles. The predicted molar refractivity (Wildman–Crippen MR) is 72.7 cm³/mol. The minimum atomic E-state index is -0.951. The zero-order valence-electron chi connectivity index (χ0n) is 11.5. The minimum Gasteiger partial charge on any atom is -0.494 e. The van der Waals surface area contributed by atoms with Gasteiger partial charge in [0, 0.05) is 18.6 Å². The Bertz CT molecular complexity index is 493. The van der Waals surface area contributed by atoms with Crippen LogP contribution in [0.25, 0.3) is 0 Å². The van der Waals surface area contributed by atoms with Gasteiger partial charge in [0.25, 0.3) is 5.69 Å². The van der Waals surface area contributed by atoms with E-state index in [4.69, 9.17) is 4.74 Å². The van der Waals surface area contributed by atoms with Crippen LogP contribution in [0.5, 0.6) is 5.75 Å². The van der Waals surface area contributed by atoms with Crippen molar-refractivity contribution >= 4 is 17.8 Å². The number of carbonyl (C=O) groups excluding carboxylic acids is 2. The van der Waals surface area contributed by atoms with Crippen LogP contribution in [0.4, 0.5) is 5.69 Å². The van der Waals surface area contributed by atoms with E-state index in [1.165, 1.54) is 24.3 Å². The van der Waals surface area contributed by atoms with E-state index in [0.29, 0.717) is 25.1 Å². The predicted octanol–water partition coefficient (Wildman–Crippen LogP) is 2.55. The summed E-state index contributed by atoms with van der Waals surface area (Å²) in [7, 11) is 0. The van der Waals surface area contributed by atoms with Gasteiger partial charge in [0.2, 0.25) is 0 Å². The number of ketones is 1. The third kappa shape index (κ3) is 4.46. The lowest BCUT2D eigenvalue weighted by atomic mass is 9.88. The number of non-ortho nitro benzene ring substituents is 1. The van der Waals surface area contributed by atoms with Crippen LogP contribution in [0, 0.1) is 15.5 Å². The van der Waals surface area contributed by atoms with Crippen molar-refractivity contribution in [2.75, 3.05) is 6.61 Å². The molecule has 0 saturated heterocycles. The van der Waals surface area contributed by atoms with Gasteiger partial charge in [-0.2, -0.15) is 0 Å². The summed E-state index contributed by atoms with van der Waals surface area (Å²) < 4.78 is 5.37. The Morgan fingerprint density at radius 3 is 2.45 bits per heavy atom.